The van der Waals surface area contributed by atoms with Crippen LogP contribution < -0.4 is 17.2 Å². The molecular weight excluding hydrogens is 855 g/mol. The number of aromatic amines is 2. The van der Waals surface area contributed by atoms with Gasteiger partial charge in [-0.25, -0.2) is 23.6 Å². The molecule has 66 heavy (non-hydrogen) atoms. The molecule has 10 aromatic rings. The Morgan fingerprint density at radius 2 is 1.02 bits per heavy atom. The van der Waals surface area contributed by atoms with E-state index in [1.54, 1.807) is 20.1 Å². The van der Waals surface area contributed by atoms with Gasteiger partial charge in [-0.2, -0.15) is 5.26 Å². The van der Waals surface area contributed by atoms with Gasteiger partial charge in [0.1, 0.15) is 33.4 Å². The van der Waals surface area contributed by atoms with E-state index in [9.17, 15) is 14.8 Å². The largest absolute Gasteiger partial charge is 0.438 e. The Morgan fingerprint density at radius 3 is 1.42 bits per heavy atom. The van der Waals surface area contributed by atoms with Crippen molar-refractivity contribution in [1.82, 2.24) is 80.4 Å². The number of fused-ring (bicyclic) bond motifs is 4. The molecule has 6 heterocycles. The van der Waals surface area contributed by atoms with Gasteiger partial charge in [-0.3, -0.25) is 19.0 Å². The van der Waals surface area contributed by atoms with Crippen LogP contribution in [-0.2, 0) is 59.7 Å². The zero-order chi connectivity index (χ0) is 46.6. The van der Waals surface area contributed by atoms with Crippen LogP contribution in [0, 0.1) is 11.3 Å². The quantitative estimate of drug-likeness (QED) is 0.0409. The molecule has 0 aliphatic carbocycles. The van der Waals surface area contributed by atoms with E-state index in [4.69, 9.17) is 16.2 Å². The molecule has 0 atom stereocenters. The second-order valence-electron chi connectivity index (χ2n) is 14.7. The second-order valence-corrected chi connectivity index (χ2v) is 14.7. The molecule has 25 nitrogen and oxygen atoms in total. The molecule has 0 fully saturated rings. The Hall–Kier alpha value is -9.08. The summed E-state index contributed by atoms with van der Waals surface area (Å²) >= 11 is 0. The summed E-state index contributed by atoms with van der Waals surface area (Å²) in [5.41, 5.74) is 16.6. The normalized spacial score (nSPS) is 11.2. The lowest BCUT2D eigenvalue weighted by Crippen LogP contribution is -2.12. The number of nitrogens with one attached hydrogen (secondary N) is 2. The van der Waals surface area contributed by atoms with Gasteiger partial charge in [0.2, 0.25) is 0 Å². The van der Waals surface area contributed by atoms with E-state index in [0.29, 0.717) is 54.8 Å². The van der Waals surface area contributed by atoms with E-state index < -0.39 is 11.5 Å². The Morgan fingerprint density at radius 1 is 0.621 bits per heavy atom. The summed E-state index contributed by atoms with van der Waals surface area (Å²) in [5.74, 6) is 0.224. The summed E-state index contributed by atoms with van der Waals surface area (Å²) in [6.45, 7) is 0. The summed E-state index contributed by atoms with van der Waals surface area (Å²) in [6, 6.07) is 25.5. The molecule has 4 aromatic carbocycles. The standard InChI is InChI=1S/C11H11N5O2.C10H9N5O3.C10H13N5O.C10H10N4/c1-16-9-4-2-7(6-8(9)13-15-16)3-5-10-12-11(17)18-14-10;16-10-11-9(13-18-10)4-2-6-1-3-8-7(5-6)12-14-15(8)17;1-15-9-4-2-7(3-5-10(11)13-16)6-8(9)12-14-15;1-14-10-5-4-8(3-2-6-11)7-9(10)12-13-14/h2,4,6H,3,5H2,1H3,(H,12,14,17);1,3,5,17H,2,4H2,(H,11,13,16);2,4,6,16H,3,5H2,1H3,(H2,11,13);4-5,7H,2-3H2,1H3. The van der Waals surface area contributed by atoms with Crippen molar-refractivity contribution in [3.63, 3.8) is 0 Å². The first-order valence-corrected chi connectivity index (χ1v) is 20.3. The molecule has 338 valence electrons. The molecule has 0 aliphatic rings. The molecule has 6 aromatic heterocycles. The number of nitrogens with zero attached hydrogens (tertiary/aromatic N) is 16. The SMILES string of the molecule is Cn1nnc2cc(CC/C(N)=N/O)ccc21.Cn1nnc2cc(CCC#N)ccc21.Cn1nnc2cc(CCc3noc(=O)[nH]3)ccc21.O=c1[nH]c(CCc2ccc3c(c2)nnn3O)no1. The fourth-order valence-corrected chi connectivity index (χ4v) is 6.62. The number of oxime groups is 1. The number of hydrogen-bond acceptors (Lipinski definition) is 18. The first-order valence-electron chi connectivity index (χ1n) is 20.3. The number of nitriles is 1. The third-order valence-corrected chi connectivity index (χ3v) is 10.1. The lowest BCUT2D eigenvalue weighted by molar-refractivity contribution is 0.154. The molecule has 0 amide bonds. The number of aryl methyl sites for hydroxylation is 9. The molecular formula is C41H43N19O6. The number of nitrogens with two attached hydrogens (primary N) is 1. The maximum atomic E-state index is 10.8. The second kappa shape index (κ2) is 20.9. The molecule has 25 heteroatoms. The van der Waals surface area contributed by atoms with Crippen molar-refractivity contribution in [3.8, 4) is 6.07 Å². The average Bonchev–Trinajstić information content (AvgIpc) is 4.22. The summed E-state index contributed by atoms with van der Waals surface area (Å²) < 4.78 is 14.0. The van der Waals surface area contributed by atoms with Gasteiger partial charge in [-0.1, -0.05) is 60.2 Å². The van der Waals surface area contributed by atoms with Gasteiger partial charge in [0.25, 0.3) is 0 Å². The maximum absolute atomic E-state index is 10.8. The fraction of sp³-hybridized carbons (Fsp3) is 0.268. The van der Waals surface area contributed by atoms with Gasteiger partial charge in [-0.15, -0.1) is 20.4 Å². The highest BCUT2D eigenvalue weighted by Gasteiger charge is 2.08. The number of rotatable bonds is 11. The predicted octanol–water partition coefficient (Wildman–Crippen LogP) is 2.63. The van der Waals surface area contributed by atoms with Gasteiger partial charge < -0.3 is 16.1 Å². The van der Waals surface area contributed by atoms with Crippen LogP contribution >= 0.6 is 0 Å². The molecule has 0 aliphatic heterocycles. The van der Waals surface area contributed by atoms with Crippen molar-refractivity contribution < 1.29 is 19.5 Å². The van der Waals surface area contributed by atoms with E-state index in [2.05, 4.69) is 81.8 Å². The monoisotopic (exact) mass is 897 g/mol. The Balaban J connectivity index is 0.000000132. The number of H-pyrrole nitrogens is 2. The highest BCUT2D eigenvalue weighted by Crippen LogP contribution is 2.17. The molecule has 0 bridgehead atoms. The average molecular weight is 898 g/mol. The summed E-state index contributed by atoms with van der Waals surface area (Å²) in [5, 5.41) is 67.5. The Kier molecular flexibility index (Phi) is 14.2. The van der Waals surface area contributed by atoms with E-state index in [0.717, 1.165) is 79.5 Å². The Bertz CT molecular complexity index is 3270. The van der Waals surface area contributed by atoms with Gasteiger partial charge >= 0.3 is 11.5 Å². The van der Waals surface area contributed by atoms with Gasteiger partial charge in [0.05, 0.1) is 22.6 Å². The van der Waals surface area contributed by atoms with Crippen LogP contribution in [0.4, 0.5) is 0 Å². The molecule has 0 unspecified atom stereocenters. The van der Waals surface area contributed by atoms with E-state index >= 15 is 0 Å². The van der Waals surface area contributed by atoms with Crippen molar-refractivity contribution in [3.05, 3.63) is 128 Å². The minimum Gasteiger partial charge on any atom is -0.410 e. The maximum Gasteiger partial charge on any atom is 0.438 e. The van der Waals surface area contributed by atoms with Crippen LogP contribution in [0.1, 0.15) is 46.7 Å². The van der Waals surface area contributed by atoms with Crippen LogP contribution in [0.25, 0.3) is 44.1 Å². The van der Waals surface area contributed by atoms with Crippen LogP contribution in [0.3, 0.4) is 0 Å². The fourth-order valence-electron chi connectivity index (χ4n) is 6.62. The summed E-state index contributed by atoms with van der Waals surface area (Å²) in [4.78, 5) is 27.3. The van der Waals surface area contributed by atoms with Gasteiger partial charge in [0.15, 0.2) is 11.6 Å². The molecule has 0 spiro atoms. The molecule has 0 saturated carbocycles. The third kappa shape index (κ3) is 11.5. The van der Waals surface area contributed by atoms with Crippen molar-refractivity contribution in [2.75, 3.05) is 0 Å². The zero-order valence-corrected chi connectivity index (χ0v) is 35.8. The number of hydrogen-bond donors (Lipinski definition) is 5. The molecule has 6 N–H and O–H groups in total. The van der Waals surface area contributed by atoms with E-state index in [-0.39, 0.29) is 5.84 Å². The van der Waals surface area contributed by atoms with Crippen molar-refractivity contribution in [1.29, 1.82) is 5.26 Å². The van der Waals surface area contributed by atoms with Crippen molar-refractivity contribution >= 4 is 50.0 Å². The van der Waals surface area contributed by atoms with Crippen LogP contribution in [-0.4, -0.2) is 96.7 Å². The van der Waals surface area contributed by atoms with Crippen molar-refractivity contribution in [2.45, 2.75) is 51.4 Å². The predicted molar refractivity (Wildman–Crippen MR) is 235 cm³/mol. The van der Waals surface area contributed by atoms with Crippen LogP contribution in [0.15, 0.2) is 96.6 Å². The van der Waals surface area contributed by atoms with Crippen LogP contribution in [0.2, 0.25) is 0 Å². The van der Waals surface area contributed by atoms with Crippen molar-refractivity contribution in [2.24, 2.45) is 32.0 Å². The van der Waals surface area contributed by atoms with E-state index in [1.165, 1.54) is 0 Å². The first-order chi connectivity index (χ1) is 32.0. The zero-order valence-electron chi connectivity index (χ0n) is 35.8. The topological polar surface area (TPSA) is 343 Å². The lowest BCUT2D eigenvalue weighted by Gasteiger charge is -2.00. The lowest BCUT2D eigenvalue weighted by atomic mass is 10.1. The molecule has 10 rings (SSSR count). The summed E-state index contributed by atoms with van der Waals surface area (Å²) in [6.07, 6.45) is 5.20. The van der Waals surface area contributed by atoms with Gasteiger partial charge in [0, 0.05) is 46.8 Å². The number of amidine groups is 1. The minimum atomic E-state index is -0.552. The molecule has 0 saturated heterocycles. The smallest absolute Gasteiger partial charge is 0.410 e. The first kappa shape index (κ1) is 45.0. The highest BCUT2D eigenvalue weighted by molar-refractivity contribution is 5.80. The Labute approximate surface area is 371 Å². The van der Waals surface area contributed by atoms with Gasteiger partial charge in [-0.05, 0) is 102 Å². The third-order valence-electron chi connectivity index (χ3n) is 10.1. The van der Waals surface area contributed by atoms with Crippen LogP contribution in [0.5, 0.6) is 0 Å². The van der Waals surface area contributed by atoms with E-state index in [1.807, 2.05) is 87.9 Å². The summed E-state index contributed by atoms with van der Waals surface area (Å²) in [7, 11) is 5.57. The number of benzene rings is 4. The minimum absolute atomic E-state index is 0.235. The molecule has 0 radical (unpaired) electrons. The highest BCUT2D eigenvalue weighted by atomic mass is 16.5. The number of aromatic nitrogens is 16.